The maximum Gasteiger partial charge on any atom is 0.264 e. The molecule has 3 N–H and O–H groups in total. The first-order chi connectivity index (χ1) is 10.0. The molecule has 0 atom stereocenters. The zero-order valence-electron chi connectivity index (χ0n) is 11.9. The van der Waals surface area contributed by atoms with E-state index in [-0.39, 0.29) is 11.7 Å². The van der Waals surface area contributed by atoms with E-state index in [2.05, 4.69) is 5.16 Å². The van der Waals surface area contributed by atoms with E-state index < -0.39 is 0 Å². The van der Waals surface area contributed by atoms with Crippen molar-refractivity contribution in [3.8, 4) is 0 Å². The minimum atomic E-state index is -0.00306. The van der Waals surface area contributed by atoms with Gasteiger partial charge in [0.25, 0.3) is 5.91 Å². The standard InChI is InChI=1S/C15H17N3O2S/c1-10-6-7-21-13(10)15(19)18(2)9-11-4-3-5-12(8-11)14(16)17-20/h3-8,20H,9H2,1-2H3,(H2,16,17). The number of carbonyl (C=O) groups is 1. The topological polar surface area (TPSA) is 78.9 Å². The van der Waals surface area contributed by atoms with Gasteiger partial charge in [-0.2, -0.15) is 0 Å². The Morgan fingerprint density at radius 2 is 2.19 bits per heavy atom. The quantitative estimate of drug-likeness (QED) is 0.394. The van der Waals surface area contributed by atoms with Crippen LogP contribution in [0.1, 0.15) is 26.4 Å². The SMILES string of the molecule is Cc1ccsc1C(=O)N(C)Cc1cccc(C(N)=NO)c1. The summed E-state index contributed by atoms with van der Waals surface area (Å²) in [5.41, 5.74) is 8.11. The first-order valence-electron chi connectivity index (χ1n) is 6.39. The van der Waals surface area contributed by atoms with E-state index in [4.69, 9.17) is 10.9 Å². The average molecular weight is 303 g/mol. The van der Waals surface area contributed by atoms with Gasteiger partial charge in [0.2, 0.25) is 0 Å². The summed E-state index contributed by atoms with van der Waals surface area (Å²) in [6.45, 7) is 2.39. The first-order valence-corrected chi connectivity index (χ1v) is 7.27. The Balaban J connectivity index is 2.15. The van der Waals surface area contributed by atoms with E-state index in [0.717, 1.165) is 16.0 Å². The molecule has 6 heteroatoms. The Hall–Kier alpha value is -2.34. The molecule has 21 heavy (non-hydrogen) atoms. The van der Waals surface area contributed by atoms with Crippen LogP contribution in [0, 0.1) is 6.92 Å². The predicted molar refractivity (Wildman–Crippen MR) is 83.8 cm³/mol. The second-order valence-corrected chi connectivity index (χ2v) is 5.70. The van der Waals surface area contributed by atoms with E-state index in [1.54, 1.807) is 24.1 Å². The van der Waals surface area contributed by atoms with Crippen molar-refractivity contribution in [2.75, 3.05) is 7.05 Å². The molecule has 1 aromatic heterocycles. The third kappa shape index (κ3) is 3.41. The maximum absolute atomic E-state index is 12.4. The number of amidine groups is 1. The Kier molecular flexibility index (Phi) is 4.59. The van der Waals surface area contributed by atoms with Gasteiger partial charge < -0.3 is 15.8 Å². The van der Waals surface area contributed by atoms with Crippen LogP contribution < -0.4 is 5.73 Å². The third-order valence-electron chi connectivity index (χ3n) is 3.15. The van der Waals surface area contributed by atoms with Crippen LogP contribution in [0.25, 0.3) is 0 Å². The molecule has 0 bridgehead atoms. The van der Waals surface area contributed by atoms with E-state index in [9.17, 15) is 4.79 Å². The molecule has 0 aliphatic carbocycles. The van der Waals surface area contributed by atoms with Crippen molar-refractivity contribution in [1.82, 2.24) is 4.90 Å². The fraction of sp³-hybridized carbons (Fsp3) is 0.200. The molecule has 1 heterocycles. The van der Waals surface area contributed by atoms with E-state index in [1.807, 2.05) is 30.5 Å². The molecule has 2 aromatic rings. The van der Waals surface area contributed by atoms with Crippen molar-refractivity contribution in [1.29, 1.82) is 0 Å². The molecule has 1 amide bonds. The fourth-order valence-electron chi connectivity index (χ4n) is 2.00. The van der Waals surface area contributed by atoms with Crippen molar-refractivity contribution in [2.24, 2.45) is 10.9 Å². The van der Waals surface area contributed by atoms with Crippen LogP contribution in [-0.4, -0.2) is 28.9 Å². The largest absolute Gasteiger partial charge is 0.409 e. The van der Waals surface area contributed by atoms with Crippen molar-refractivity contribution in [3.63, 3.8) is 0 Å². The number of amides is 1. The molecule has 1 aromatic carbocycles. The minimum Gasteiger partial charge on any atom is -0.409 e. The van der Waals surface area contributed by atoms with Crippen LogP contribution in [0.3, 0.4) is 0 Å². The van der Waals surface area contributed by atoms with Crippen LogP contribution >= 0.6 is 11.3 Å². The second-order valence-electron chi connectivity index (χ2n) is 4.78. The lowest BCUT2D eigenvalue weighted by atomic mass is 10.1. The van der Waals surface area contributed by atoms with Gasteiger partial charge in [-0.15, -0.1) is 11.3 Å². The number of benzene rings is 1. The number of hydrogen-bond donors (Lipinski definition) is 2. The summed E-state index contributed by atoms with van der Waals surface area (Å²) in [5.74, 6) is 0.0524. The zero-order chi connectivity index (χ0) is 15.4. The summed E-state index contributed by atoms with van der Waals surface area (Å²) in [4.78, 5) is 14.8. The smallest absolute Gasteiger partial charge is 0.264 e. The van der Waals surface area contributed by atoms with Crippen molar-refractivity contribution in [2.45, 2.75) is 13.5 Å². The molecule has 0 fully saturated rings. The summed E-state index contributed by atoms with van der Waals surface area (Å²) >= 11 is 1.44. The molecule has 0 aliphatic heterocycles. The molecule has 110 valence electrons. The lowest BCUT2D eigenvalue weighted by molar-refractivity contribution is 0.0789. The number of nitrogens with zero attached hydrogens (tertiary/aromatic N) is 2. The fourth-order valence-corrected chi connectivity index (χ4v) is 2.92. The molecule has 0 unspecified atom stereocenters. The molecule has 0 radical (unpaired) electrons. The number of rotatable bonds is 4. The summed E-state index contributed by atoms with van der Waals surface area (Å²) < 4.78 is 0. The number of nitrogens with two attached hydrogens (primary N) is 1. The molecule has 0 saturated carbocycles. The summed E-state index contributed by atoms with van der Waals surface area (Å²) in [5, 5.41) is 13.6. The zero-order valence-corrected chi connectivity index (χ0v) is 12.7. The Morgan fingerprint density at radius 3 is 2.81 bits per heavy atom. The Labute approximate surface area is 127 Å². The van der Waals surface area contributed by atoms with Crippen LogP contribution in [0.4, 0.5) is 0 Å². The van der Waals surface area contributed by atoms with Crippen molar-refractivity contribution >= 4 is 23.1 Å². The van der Waals surface area contributed by atoms with Gasteiger partial charge in [0, 0.05) is 19.2 Å². The van der Waals surface area contributed by atoms with Gasteiger partial charge in [-0.3, -0.25) is 4.79 Å². The van der Waals surface area contributed by atoms with Crippen LogP contribution in [0.15, 0.2) is 40.9 Å². The monoisotopic (exact) mass is 303 g/mol. The summed E-state index contributed by atoms with van der Waals surface area (Å²) in [7, 11) is 1.76. The molecular weight excluding hydrogens is 286 g/mol. The van der Waals surface area contributed by atoms with Crippen LogP contribution in [0.2, 0.25) is 0 Å². The van der Waals surface area contributed by atoms with E-state index >= 15 is 0 Å². The highest BCUT2D eigenvalue weighted by Crippen LogP contribution is 2.18. The highest BCUT2D eigenvalue weighted by molar-refractivity contribution is 7.12. The molecule has 5 nitrogen and oxygen atoms in total. The molecular formula is C15H17N3O2S. The van der Waals surface area contributed by atoms with Crippen LogP contribution in [-0.2, 0) is 6.54 Å². The third-order valence-corrected chi connectivity index (χ3v) is 4.16. The maximum atomic E-state index is 12.4. The van der Waals surface area contributed by atoms with Gasteiger partial charge in [-0.1, -0.05) is 23.4 Å². The number of carbonyl (C=O) groups excluding carboxylic acids is 1. The first kappa shape index (κ1) is 15.1. The Bertz CT molecular complexity index is 679. The van der Waals surface area contributed by atoms with Crippen LogP contribution in [0.5, 0.6) is 0 Å². The lowest BCUT2D eigenvalue weighted by Gasteiger charge is -2.17. The van der Waals surface area contributed by atoms with Gasteiger partial charge in [0.15, 0.2) is 5.84 Å². The normalized spacial score (nSPS) is 11.4. The van der Waals surface area contributed by atoms with Gasteiger partial charge in [0.05, 0.1) is 4.88 Å². The van der Waals surface area contributed by atoms with Gasteiger partial charge in [-0.25, -0.2) is 0 Å². The number of oxime groups is 1. The molecule has 0 saturated heterocycles. The van der Waals surface area contributed by atoms with Crippen molar-refractivity contribution < 1.29 is 10.0 Å². The second kappa shape index (κ2) is 6.41. The number of thiophene rings is 1. The molecule has 2 rings (SSSR count). The molecule has 0 aliphatic rings. The summed E-state index contributed by atoms with van der Waals surface area (Å²) in [6, 6.07) is 9.21. The van der Waals surface area contributed by atoms with E-state index in [0.29, 0.717) is 12.1 Å². The van der Waals surface area contributed by atoms with Gasteiger partial charge in [0.1, 0.15) is 0 Å². The van der Waals surface area contributed by atoms with Gasteiger partial charge >= 0.3 is 0 Å². The lowest BCUT2D eigenvalue weighted by Crippen LogP contribution is -2.26. The summed E-state index contributed by atoms with van der Waals surface area (Å²) in [6.07, 6.45) is 0. The average Bonchev–Trinajstić information content (AvgIpc) is 2.92. The highest BCUT2D eigenvalue weighted by Gasteiger charge is 2.15. The highest BCUT2D eigenvalue weighted by atomic mass is 32.1. The molecule has 0 spiro atoms. The van der Waals surface area contributed by atoms with Gasteiger partial charge in [-0.05, 0) is 35.6 Å². The Morgan fingerprint density at radius 1 is 1.43 bits per heavy atom. The minimum absolute atomic E-state index is 0.00306. The predicted octanol–water partition coefficient (Wildman–Crippen LogP) is 2.42. The van der Waals surface area contributed by atoms with E-state index in [1.165, 1.54) is 11.3 Å². The number of aryl methyl sites for hydroxylation is 1. The van der Waals surface area contributed by atoms with Crippen molar-refractivity contribution in [3.05, 3.63) is 57.3 Å². The number of hydrogen-bond acceptors (Lipinski definition) is 4.